The van der Waals surface area contributed by atoms with Crippen molar-refractivity contribution in [3.63, 3.8) is 0 Å². The maximum atomic E-state index is 13.7. The first-order valence-corrected chi connectivity index (χ1v) is 12.4. The van der Waals surface area contributed by atoms with Gasteiger partial charge in [-0.05, 0) is 68.1 Å². The summed E-state index contributed by atoms with van der Waals surface area (Å²) in [5.41, 5.74) is 3.09. The fraction of sp³-hybridized carbons (Fsp3) is 0.241. The summed E-state index contributed by atoms with van der Waals surface area (Å²) in [5, 5.41) is 5.31. The van der Waals surface area contributed by atoms with Crippen molar-refractivity contribution in [1.82, 2.24) is 14.7 Å². The Kier molecular flexibility index (Phi) is 6.96. The topological polar surface area (TPSA) is 56.6 Å². The minimum Gasteiger partial charge on any atom is -0.497 e. The van der Waals surface area contributed by atoms with E-state index in [1.165, 1.54) is 0 Å². The van der Waals surface area contributed by atoms with Gasteiger partial charge in [-0.15, -0.1) is 0 Å². The van der Waals surface area contributed by atoms with E-state index in [0.717, 1.165) is 29.8 Å². The molecule has 1 amide bonds. The zero-order valence-corrected chi connectivity index (χ0v) is 21.1. The molecule has 0 N–H and O–H groups in total. The normalized spacial score (nSPS) is 12.9. The SMILES string of the molecule is COc1cccc(C(=O)N(Cc2c(C)nn(-c3ccccc3)c2Oc2ccccc2Cl)CC2CC2)c1. The highest BCUT2D eigenvalue weighted by atomic mass is 35.5. The Labute approximate surface area is 216 Å². The molecule has 0 saturated heterocycles. The highest BCUT2D eigenvalue weighted by molar-refractivity contribution is 6.32. The Hall–Kier alpha value is -3.77. The molecular formula is C29H28ClN3O3. The van der Waals surface area contributed by atoms with Crippen LogP contribution in [0.3, 0.4) is 0 Å². The number of hydrogen-bond donors (Lipinski definition) is 0. The van der Waals surface area contributed by atoms with E-state index in [0.29, 0.717) is 47.0 Å². The van der Waals surface area contributed by atoms with Gasteiger partial charge in [0.05, 0.1) is 35.6 Å². The van der Waals surface area contributed by atoms with Crippen LogP contribution in [0, 0.1) is 12.8 Å². The van der Waals surface area contributed by atoms with Crippen LogP contribution in [0.1, 0.15) is 34.5 Å². The average molecular weight is 502 g/mol. The van der Waals surface area contributed by atoms with E-state index in [2.05, 4.69) is 0 Å². The molecular weight excluding hydrogens is 474 g/mol. The summed E-state index contributed by atoms with van der Waals surface area (Å²) >= 11 is 6.44. The van der Waals surface area contributed by atoms with Gasteiger partial charge in [0.2, 0.25) is 5.88 Å². The van der Waals surface area contributed by atoms with Crippen LogP contribution in [0.4, 0.5) is 0 Å². The van der Waals surface area contributed by atoms with E-state index >= 15 is 0 Å². The van der Waals surface area contributed by atoms with Crippen molar-refractivity contribution in [2.24, 2.45) is 5.92 Å². The maximum absolute atomic E-state index is 13.7. The van der Waals surface area contributed by atoms with Crippen LogP contribution in [0.25, 0.3) is 5.69 Å². The summed E-state index contributed by atoms with van der Waals surface area (Å²) in [7, 11) is 1.60. The molecule has 36 heavy (non-hydrogen) atoms. The molecule has 1 aliphatic carbocycles. The van der Waals surface area contributed by atoms with Crippen molar-refractivity contribution in [3.8, 4) is 23.1 Å². The molecule has 3 aromatic carbocycles. The Bertz CT molecular complexity index is 1370. The van der Waals surface area contributed by atoms with Gasteiger partial charge in [-0.3, -0.25) is 4.79 Å². The Morgan fingerprint density at radius 2 is 1.81 bits per heavy atom. The molecule has 1 aromatic heterocycles. The lowest BCUT2D eigenvalue weighted by atomic mass is 10.1. The van der Waals surface area contributed by atoms with Gasteiger partial charge in [-0.25, -0.2) is 4.68 Å². The van der Waals surface area contributed by atoms with Gasteiger partial charge in [0.15, 0.2) is 0 Å². The second-order valence-corrected chi connectivity index (χ2v) is 9.42. The zero-order chi connectivity index (χ0) is 25.1. The number of carbonyl (C=O) groups is 1. The van der Waals surface area contributed by atoms with Gasteiger partial charge in [-0.2, -0.15) is 5.10 Å². The number of aryl methyl sites for hydroxylation is 1. The Morgan fingerprint density at radius 3 is 2.53 bits per heavy atom. The fourth-order valence-corrected chi connectivity index (χ4v) is 4.34. The van der Waals surface area contributed by atoms with E-state index in [-0.39, 0.29) is 5.91 Å². The number of carbonyl (C=O) groups excluding carboxylic acids is 1. The Balaban J connectivity index is 1.55. The highest BCUT2D eigenvalue weighted by Gasteiger charge is 2.30. The summed E-state index contributed by atoms with van der Waals surface area (Å²) < 4.78 is 13.5. The summed E-state index contributed by atoms with van der Waals surface area (Å²) in [5.74, 6) is 2.20. The first kappa shape index (κ1) is 23.9. The van der Waals surface area contributed by atoms with Gasteiger partial charge >= 0.3 is 0 Å². The molecule has 0 unspecified atom stereocenters. The number of hydrogen-bond acceptors (Lipinski definition) is 4. The number of halogens is 1. The zero-order valence-electron chi connectivity index (χ0n) is 20.4. The van der Waals surface area contributed by atoms with E-state index < -0.39 is 0 Å². The largest absolute Gasteiger partial charge is 0.497 e. The summed E-state index contributed by atoms with van der Waals surface area (Å²) in [6.07, 6.45) is 2.26. The lowest BCUT2D eigenvalue weighted by Gasteiger charge is -2.24. The van der Waals surface area contributed by atoms with Gasteiger partial charge < -0.3 is 14.4 Å². The van der Waals surface area contributed by atoms with Crippen LogP contribution in [0.5, 0.6) is 17.4 Å². The first-order valence-electron chi connectivity index (χ1n) is 12.0. The molecule has 6 nitrogen and oxygen atoms in total. The molecule has 1 fully saturated rings. The lowest BCUT2D eigenvalue weighted by molar-refractivity contribution is 0.0733. The molecule has 7 heteroatoms. The third-order valence-corrected chi connectivity index (χ3v) is 6.62. The minimum absolute atomic E-state index is 0.0450. The molecule has 1 heterocycles. The number of nitrogens with zero attached hydrogens (tertiary/aromatic N) is 3. The fourth-order valence-electron chi connectivity index (χ4n) is 4.16. The molecule has 0 atom stereocenters. The maximum Gasteiger partial charge on any atom is 0.254 e. The Morgan fingerprint density at radius 1 is 1.06 bits per heavy atom. The monoisotopic (exact) mass is 501 g/mol. The number of rotatable bonds is 9. The van der Waals surface area contributed by atoms with Gasteiger partial charge in [0, 0.05) is 12.1 Å². The van der Waals surface area contributed by atoms with Crippen molar-refractivity contribution in [2.75, 3.05) is 13.7 Å². The van der Waals surface area contributed by atoms with Crippen molar-refractivity contribution in [3.05, 3.63) is 101 Å². The van der Waals surface area contributed by atoms with Crippen molar-refractivity contribution in [2.45, 2.75) is 26.3 Å². The summed E-state index contributed by atoms with van der Waals surface area (Å²) in [4.78, 5) is 15.6. The second-order valence-electron chi connectivity index (χ2n) is 9.01. The van der Waals surface area contributed by atoms with E-state index in [1.54, 1.807) is 23.9 Å². The van der Waals surface area contributed by atoms with Crippen molar-refractivity contribution < 1.29 is 14.3 Å². The van der Waals surface area contributed by atoms with Crippen LogP contribution < -0.4 is 9.47 Å². The molecule has 0 bridgehead atoms. The number of para-hydroxylation sites is 2. The van der Waals surface area contributed by atoms with E-state index in [4.69, 9.17) is 26.2 Å². The second kappa shape index (κ2) is 10.5. The van der Waals surface area contributed by atoms with Crippen LogP contribution in [0.15, 0.2) is 78.9 Å². The molecule has 4 aromatic rings. The van der Waals surface area contributed by atoms with Crippen LogP contribution in [-0.2, 0) is 6.54 Å². The third kappa shape index (κ3) is 5.24. The van der Waals surface area contributed by atoms with Crippen molar-refractivity contribution >= 4 is 17.5 Å². The standard InChI is InChI=1S/C29H28ClN3O3/c1-20-25(19-32(18-21-15-16-21)28(34)22-9-8-12-24(17-22)35-2)29(36-27-14-7-6-13-26(27)30)33(31-20)23-10-4-3-5-11-23/h3-14,17,21H,15-16,18-19H2,1-2H3. The number of benzene rings is 3. The van der Waals surface area contributed by atoms with E-state index in [1.807, 2.05) is 78.6 Å². The van der Waals surface area contributed by atoms with Crippen molar-refractivity contribution in [1.29, 1.82) is 0 Å². The van der Waals surface area contributed by atoms with Gasteiger partial charge in [-0.1, -0.05) is 48.0 Å². The first-order chi connectivity index (χ1) is 17.5. The minimum atomic E-state index is -0.0450. The lowest BCUT2D eigenvalue weighted by Crippen LogP contribution is -2.32. The van der Waals surface area contributed by atoms with Crippen LogP contribution in [0.2, 0.25) is 5.02 Å². The predicted octanol–water partition coefficient (Wildman–Crippen LogP) is 6.69. The molecule has 1 saturated carbocycles. The smallest absolute Gasteiger partial charge is 0.254 e. The molecule has 1 aliphatic rings. The van der Waals surface area contributed by atoms with Gasteiger partial charge in [0.1, 0.15) is 11.5 Å². The van der Waals surface area contributed by atoms with Gasteiger partial charge in [0.25, 0.3) is 5.91 Å². The average Bonchev–Trinajstić information content (AvgIpc) is 3.68. The number of amides is 1. The third-order valence-electron chi connectivity index (χ3n) is 6.31. The van der Waals surface area contributed by atoms with Crippen LogP contribution >= 0.6 is 11.6 Å². The molecule has 0 aliphatic heterocycles. The number of methoxy groups -OCH3 is 1. The van der Waals surface area contributed by atoms with Crippen LogP contribution in [-0.4, -0.2) is 34.2 Å². The molecule has 0 radical (unpaired) electrons. The van der Waals surface area contributed by atoms with E-state index in [9.17, 15) is 4.79 Å². The predicted molar refractivity (Wildman–Crippen MR) is 140 cm³/mol. The quantitative estimate of drug-likeness (QED) is 0.256. The summed E-state index contributed by atoms with van der Waals surface area (Å²) in [6, 6.07) is 24.5. The molecule has 184 valence electrons. The number of ether oxygens (including phenoxy) is 2. The number of aromatic nitrogens is 2. The molecule has 5 rings (SSSR count). The highest BCUT2D eigenvalue weighted by Crippen LogP contribution is 2.36. The summed E-state index contributed by atoms with van der Waals surface area (Å²) in [6.45, 7) is 2.99. The molecule has 0 spiro atoms.